The van der Waals surface area contributed by atoms with E-state index in [0.717, 1.165) is 30.4 Å². The minimum Gasteiger partial charge on any atom is -0.497 e. The molecule has 0 spiro atoms. The highest BCUT2D eigenvalue weighted by molar-refractivity contribution is 7.92. The number of anilines is 1. The van der Waals surface area contributed by atoms with Crippen LogP contribution in [0.15, 0.2) is 42.5 Å². The molecule has 32 heavy (non-hydrogen) atoms. The van der Waals surface area contributed by atoms with Gasteiger partial charge in [-0.1, -0.05) is 12.1 Å². The number of rotatable bonds is 11. The molecule has 3 rings (SSSR count). The molecule has 1 heterocycles. The molecule has 1 aliphatic heterocycles. The third-order valence-electron chi connectivity index (χ3n) is 5.08. The standard InChI is InChI=1S/C23H30N2O6S/c1-29-20-8-3-6-18(16-20)7-4-12-24-23(26)9-5-13-25(32(2,27)28)19-10-11-21-22(17-19)31-15-14-30-21/h3,6,8,10-11,16-17H,4-5,7,9,12-15H2,1-2H3,(H,24,26). The molecule has 0 saturated heterocycles. The number of hydrogen-bond donors (Lipinski definition) is 1. The number of ether oxygens (including phenoxy) is 3. The van der Waals surface area contributed by atoms with Crippen LogP contribution in [-0.2, 0) is 21.2 Å². The molecule has 1 amide bonds. The first-order chi connectivity index (χ1) is 15.4. The molecule has 0 saturated carbocycles. The fraction of sp³-hybridized carbons (Fsp3) is 0.435. The van der Waals surface area contributed by atoms with Crippen LogP contribution in [-0.4, -0.2) is 54.0 Å². The van der Waals surface area contributed by atoms with Crippen LogP contribution in [0.5, 0.6) is 17.2 Å². The van der Waals surface area contributed by atoms with E-state index in [-0.39, 0.29) is 18.9 Å². The molecule has 0 aliphatic carbocycles. The van der Waals surface area contributed by atoms with Crippen LogP contribution in [0.2, 0.25) is 0 Å². The fourth-order valence-corrected chi connectivity index (χ4v) is 4.45. The van der Waals surface area contributed by atoms with Crippen molar-refractivity contribution in [3.63, 3.8) is 0 Å². The Morgan fingerprint density at radius 3 is 2.62 bits per heavy atom. The first-order valence-corrected chi connectivity index (χ1v) is 12.5. The number of nitrogens with one attached hydrogen (secondary N) is 1. The SMILES string of the molecule is COc1cccc(CCCNC(=O)CCCN(c2ccc3c(c2)OCCO3)S(C)(=O)=O)c1. The third kappa shape index (κ3) is 6.78. The second kappa shape index (κ2) is 11.1. The number of benzene rings is 2. The van der Waals surface area contributed by atoms with Gasteiger partial charge in [0.2, 0.25) is 15.9 Å². The first-order valence-electron chi connectivity index (χ1n) is 10.6. The second-order valence-electron chi connectivity index (χ2n) is 7.57. The van der Waals surface area contributed by atoms with E-state index in [1.807, 2.05) is 24.3 Å². The van der Waals surface area contributed by atoms with Gasteiger partial charge in [0.05, 0.1) is 19.1 Å². The number of carbonyl (C=O) groups is 1. The van der Waals surface area contributed by atoms with E-state index in [1.165, 1.54) is 4.31 Å². The lowest BCUT2D eigenvalue weighted by Crippen LogP contribution is -2.32. The molecule has 1 aliphatic rings. The quantitative estimate of drug-likeness (QED) is 0.516. The van der Waals surface area contributed by atoms with Crippen molar-refractivity contribution in [1.82, 2.24) is 5.32 Å². The molecular weight excluding hydrogens is 432 g/mol. The second-order valence-corrected chi connectivity index (χ2v) is 9.48. The van der Waals surface area contributed by atoms with Crippen LogP contribution >= 0.6 is 0 Å². The summed E-state index contributed by atoms with van der Waals surface area (Å²) in [7, 11) is -1.87. The minimum atomic E-state index is -3.50. The van der Waals surface area contributed by atoms with E-state index < -0.39 is 10.0 Å². The van der Waals surface area contributed by atoms with Crippen molar-refractivity contribution in [2.45, 2.75) is 25.7 Å². The Morgan fingerprint density at radius 2 is 1.88 bits per heavy atom. The molecule has 9 heteroatoms. The average Bonchev–Trinajstić information content (AvgIpc) is 2.78. The third-order valence-corrected chi connectivity index (χ3v) is 6.27. The van der Waals surface area contributed by atoms with E-state index in [4.69, 9.17) is 14.2 Å². The lowest BCUT2D eigenvalue weighted by molar-refractivity contribution is -0.121. The maximum absolute atomic E-state index is 12.3. The molecule has 2 aromatic rings. The lowest BCUT2D eigenvalue weighted by atomic mass is 10.1. The minimum absolute atomic E-state index is 0.0914. The molecule has 0 bridgehead atoms. The van der Waals surface area contributed by atoms with Crippen molar-refractivity contribution < 1.29 is 27.4 Å². The van der Waals surface area contributed by atoms with E-state index >= 15 is 0 Å². The molecule has 0 radical (unpaired) electrons. The van der Waals surface area contributed by atoms with Crippen molar-refractivity contribution >= 4 is 21.6 Å². The zero-order valence-electron chi connectivity index (χ0n) is 18.5. The summed E-state index contributed by atoms with van der Waals surface area (Å²) >= 11 is 0. The van der Waals surface area contributed by atoms with Gasteiger partial charge in [-0.25, -0.2) is 8.42 Å². The Labute approximate surface area is 189 Å². The Bertz CT molecular complexity index is 1020. The monoisotopic (exact) mass is 462 g/mol. The number of nitrogens with zero attached hydrogens (tertiary/aromatic N) is 1. The van der Waals surface area contributed by atoms with Crippen LogP contribution in [0.25, 0.3) is 0 Å². The van der Waals surface area contributed by atoms with Gasteiger partial charge in [0, 0.05) is 25.6 Å². The van der Waals surface area contributed by atoms with E-state index in [9.17, 15) is 13.2 Å². The largest absolute Gasteiger partial charge is 0.497 e. The maximum Gasteiger partial charge on any atom is 0.232 e. The highest BCUT2D eigenvalue weighted by Crippen LogP contribution is 2.34. The molecule has 2 aromatic carbocycles. The van der Waals surface area contributed by atoms with Crippen LogP contribution < -0.4 is 23.8 Å². The fourth-order valence-electron chi connectivity index (χ4n) is 3.49. The molecule has 0 aromatic heterocycles. The van der Waals surface area contributed by atoms with E-state index in [1.54, 1.807) is 25.3 Å². The van der Waals surface area contributed by atoms with Crippen molar-refractivity contribution in [2.24, 2.45) is 0 Å². The summed E-state index contributed by atoms with van der Waals surface area (Å²) in [6, 6.07) is 12.9. The Balaban J connectivity index is 1.45. The van der Waals surface area contributed by atoms with Crippen LogP contribution in [0.4, 0.5) is 5.69 Å². The topological polar surface area (TPSA) is 94.2 Å². The Morgan fingerprint density at radius 1 is 1.09 bits per heavy atom. The van der Waals surface area contributed by atoms with Crippen LogP contribution in [0, 0.1) is 0 Å². The highest BCUT2D eigenvalue weighted by atomic mass is 32.2. The lowest BCUT2D eigenvalue weighted by Gasteiger charge is -2.25. The number of hydrogen-bond acceptors (Lipinski definition) is 6. The van der Waals surface area contributed by atoms with Gasteiger partial charge in [-0.15, -0.1) is 0 Å². The van der Waals surface area contributed by atoms with E-state index in [2.05, 4.69) is 5.32 Å². The molecule has 8 nitrogen and oxygen atoms in total. The molecular formula is C23H30N2O6S. The highest BCUT2D eigenvalue weighted by Gasteiger charge is 2.21. The zero-order chi connectivity index (χ0) is 23.0. The van der Waals surface area contributed by atoms with Gasteiger partial charge in [-0.3, -0.25) is 9.10 Å². The van der Waals surface area contributed by atoms with Crippen LogP contribution in [0.1, 0.15) is 24.8 Å². The molecule has 0 atom stereocenters. The van der Waals surface area contributed by atoms with Gasteiger partial charge in [-0.2, -0.15) is 0 Å². The number of amides is 1. The summed E-state index contributed by atoms with van der Waals surface area (Å²) in [5.74, 6) is 1.85. The first kappa shape index (κ1) is 23.7. The Hall–Kier alpha value is -2.94. The normalized spacial score (nSPS) is 12.8. The summed E-state index contributed by atoms with van der Waals surface area (Å²) in [5.41, 5.74) is 1.65. The predicted octanol–water partition coefficient (Wildman–Crippen LogP) is 2.76. The predicted molar refractivity (Wildman–Crippen MR) is 123 cm³/mol. The van der Waals surface area contributed by atoms with Crippen molar-refractivity contribution in [2.75, 3.05) is 44.0 Å². The van der Waals surface area contributed by atoms with E-state index in [0.29, 0.717) is 43.4 Å². The van der Waals surface area contributed by atoms with Gasteiger partial charge < -0.3 is 19.5 Å². The van der Waals surface area contributed by atoms with Crippen molar-refractivity contribution in [1.29, 1.82) is 0 Å². The van der Waals surface area contributed by atoms with Gasteiger partial charge in [0.1, 0.15) is 19.0 Å². The number of carbonyl (C=O) groups excluding carboxylic acids is 1. The molecule has 0 unspecified atom stereocenters. The summed E-state index contributed by atoms with van der Waals surface area (Å²) < 4.78 is 42.2. The summed E-state index contributed by atoms with van der Waals surface area (Å²) in [6.07, 6.45) is 3.45. The summed E-state index contributed by atoms with van der Waals surface area (Å²) in [6.45, 7) is 1.66. The van der Waals surface area contributed by atoms with Crippen LogP contribution in [0.3, 0.4) is 0 Å². The number of fused-ring (bicyclic) bond motifs is 1. The average molecular weight is 463 g/mol. The van der Waals surface area contributed by atoms with Gasteiger partial charge in [0.15, 0.2) is 11.5 Å². The van der Waals surface area contributed by atoms with Crippen molar-refractivity contribution in [3.05, 3.63) is 48.0 Å². The molecule has 0 fully saturated rings. The van der Waals surface area contributed by atoms with Gasteiger partial charge in [0.25, 0.3) is 0 Å². The van der Waals surface area contributed by atoms with Crippen molar-refractivity contribution in [3.8, 4) is 17.2 Å². The maximum atomic E-state index is 12.3. The molecule has 1 N–H and O–H groups in total. The van der Waals surface area contributed by atoms with Gasteiger partial charge >= 0.3 is 0 Å². The Kier molecular flexibility index (Phi) is 8.21. The zero-order valence-corrected chi connectivity index (χ0v) is 19.3. The summed E-state index contributed by atoms with van der Waals surface area (Å²) in [4.78, 5) is 12.2. The number of methoxy groups -OCH3 is 1. The van der Waals surface area contributed by atoms with Gasteiger partial charge in [-0.05, 0) is 49.1 Å². The summed E-state index contributed by atoms with van der Waals surface area (Å²) in [5, 5.41) is 2.90. The number of aryl methyl sites for hydroxylation is 1. The number of sulfonamides is 1. The smallest absolute Gasteiger partial charge is 0.232 e. The molecule has 174 valence electrons.